The number of imidazole rings is 1. The molecule has 27 heavy (non-hydrogen) atoms. The van der Waals surface area contributed by atoms with Gasteiger partial charge in [-0.1, -0.05) is 13.3 Å². The van der Waals surface area contributed by atoms with Gasteiger partial charge in [-0.2, -0.15) is 5.10 Å². The Balaban J connectivity index is 1.52. The fourth-order valence-electron chi connectivity index (χ4n) is 4.64. The molecule has 0 aliphatic carbocycles. The lowest BCUT2D eigenvalue weighted by atomic mass is 9.78. The summed E-state index contributed by atoms with van der Waals surface area (Å²) in [5.74, 6) is 0.0511. The molecule has 7 heteroatoms. The zero-order valence-electron chi connectivity index (χ0n) is 16.4. The van der Waals surface area contributed by atoms with Crippen molar-refractivity contribution in [3.63, 3.8) is 0 Å². The van der Waals surface area contributed by atoms with E-state index < -0.39 is 0 Å². The van der Waals surface area contributed by atoms with E-state index in [1.165, 1.54) is 24.2 Å². The van der Waals surface area contributed by atoms with Gasteiger partial charge in [0.05, 0.1) is 17.6 Å². The molecular weight excluding hydrogens is 340 g/mol. The lowest BCUT2D eigenvalue weighted by molar-refractivity contribution is 0.00611. The van der Waals surface area contributed by atoms with Crippen LogP contribution in [0.2, 0.25) is 0 Å². The summed E-state index contributed by atoms with van der Waals surface area (Å²) >= 11 is 0. The van der Waals surface area contributed by atoms with Crippen LogP contribution in [0.1, 0.15) is 61.4 Å². The Labute approximate surface area is 160 Å². The van der Waals surface area contributed by atoms with Crippen molar-refractivity contribution < 1.29 is 4.79 Å². The molecule has 0 unspecified atom stereocenters. The van der Waals surface area contributed by atoms with Crippen LogP contribution in [0.4, 0.5) is 0 Å². The third kappa shape index (κ3) is 3.18. The second-order valence-corrected chi connectivity index (χ2v) is 7.70. The fourth-order valence-corrected chi connectivity index (χ4v) is 4.64. The first-order valence-electron chi connectivity index (χ1n) is 10.3. The maximum absolute atomic E-state index is 12.9. The van der Waals surface area contributed by atoms with E-state index in [4.69, 9.17) is 4.98 Å². The highest BCUT2D eigenvalue weighted by Gasteiger charge is 2.47. The molecule has 7 nitrogen and oxygen atoms in total. The maximum Gasteiger partial charge on any atom is 0.274 e. The summed E-state index contributed by atoms with van der Waals surface area (Å²) in [5, 5.41) is 4.39. The number of piperidine rings is 1. The molecule has 1 fully saturated rings. The van der Waals surface area contributed by atoms with E-state index in [1.807, 2.05) is 35.1 Å². The quantitative estimate of drug-likeness (QED) is 0.877. The molecule has 0 aromatic carbocycles. The van der Waals surface area contributed by atoms with Crippen LogP contribution in [0.5, 0.6) is 0 Å². The van der Waals surface area contributed by atoms with Crippen molar-refractivity contribution in [2.45, 2.75) is 58.0 Å². The Hall–Kier alpha value is -2.15. The number of aromatic nitrogens is 4. The number of amides is 1. The van der Waals surface area contributed by atoms with Crippen molar-refractivity contribution in [1.29, 1.82) is 0 Å². The number of unbranched alkanes of at least 4 members (excludes halogenated alkanes) is 1. The fraction of sp³-hybridized carbons (Fsp3) is 0.650. The van der Waals surface area contributed by atoms with Gasteiger partial charge in [-0.05, 0) is 38.8 Å². The molecule has 2 aliphatic heterocycles. The van der Waals surface area contributed by atoms with Crippen LogP contribution in [-0.4, -0.2) is 61.6 Å². The number of aromatic amines is 1. The Morgan fingerprint density at radius 1 is 1.26 bits per heavy atom. The first-order chi connectivity index (χ1) is 13.2. The van der Waals surface area contributed by atoms with E-state index in [0.29, 0.717) is 5.69 Å². The summed E-state index contributed by atoms with van der Waals surface area (Å²) < 4.78 is 1.81. The highest BCUT2D eigenvalue weighted by Crippen LogP contribution is 2.42. The largest absolute Gasteiger partial charge is 0.348 e. The number of fused-ring (bicyclic) bond motifs is 2. The number of nitrogens with zero attached hydrogens (tertiary/aromatic N) is 5. The van der Waals surface area contributed by atoms with Gasteiger partial charge in [0.1, 0.15) is 5.69 Å². The predicted octanol–water partition coefficient (Wildman–Crippen LogP) is 2.42. The van der Waals surface area contributed by atoms with E-state index >= 15 is 0 Å². The van der Waals surface area contributed by atoms with Gasteiger partial charge in [0, 0.05) is 44.5 Å². The van der Waals surface area contributed by atoms with Crippen LogP contribution in [0.15, 0.2) is 18.6 Å². The minimum absolute atomic E-state index is 0.0255. The summed E-state index contributed by atoms with van der Waals surface area (Å²) in [4.78, 5) is 25.5. The van der Waals surface area contributed by atoms with Crippen LogP contribution < -0.4 is 0 Å². The smallest absolute Gasteiger partial charge is 0.274 e. The van der Waals surface area contributed by atoms with Gasteiger partial charge in [0.2, 0.25) is 0 Å². The number of carbonyl (C=O) groups is 1. The van der Waals surface area contributed by atoms with E-state index in [-0.39, 0.29) is 11.4 Å². The molecule has 1 saturated heterocycles. The van der Waals surface area contributed by atoms with Crippen LogP contribution in [0.25, 0.3) is 0 Å². The Kier molecular flexibility index (Phi) is 5.04. The van der Waals surface area contributed by atoms with Gasteiger partial charge < -0.3 is 9.88 Å². The molecule has 2 aromatic heterocycles. The maximum atomic E-state index is 12.9. The van der Waals surface area contributed by atoms with Crippen molar-refractivity contribution in [2.24, 2.45) is 0 Å². The van der Waals surface area contributed by atoms with E-state index in [2.05, 4.69) is 21.9 Å². The van der Waals surface area contributed by atoms with Gasteiger partial charge in [0.15, 0.2) is 0 Å². The third-order valence-corrected chi connectivity index (χ3v) is 6.24. The number of hydrogen-bond donors (Lipinski definition) is 1. The van der Waals surface area contributed by atoms with Gasteiger partial charge in [-0.25, -0.2) is 4.98 Å². The van der Waals surface area contributed by atoms with Crippen LogP contribution >= 0.6 is 0 Å². The second kappa shape index (κ2) is 7.46. The van der Waals surface area contributed by atoms with E-state index in [0.717, 1.165) is 52.0 Å². The van der Waals surface area contributed by atoms with Crippen LogP contribution in [0, 0.1) is 0 Å². The summed E-state index contributed by atoms with van der Waals surface area (Å²) in [6.45, 7) is 8.75. The van der Waals surface area contributed by atoms with Gasteiger partial charge in [-0.15, -0.1) is 0 Å². The number of aryl methyl sites for hydroxylation is 1. The molecular formula is C20H30N6O. The molecule has 2 aromatic rings. The lowest BCUT2D eigenvalue weighted by Gasteiger charge is -2.50. The monoisotopic (exact) mass is 370 g/mol. The summed E-state index contributed by atoms with van der Waals surface area (Å²) in [5.41, 5.74) is 3.03. The summed E-state index contributed by atoms with van der Waals surface area (Å²) in [6, 6.07) is 1.83. The molecule has 0 saturated carbocycles. The summed E-state index contributed by atoms with van der Waals surface area (Å²) in [7, 11) is 0. The Morgan fingerprint density at radius 3 is 2.78 bits per heavy atom. The number of hydrogen-bond acceptors (Lipinski definition) is 4. The molecule has 1 spiro atoms. The van der Waals surface area contributed by atoms with Crippen molar-refractivity contribution in [3.8, 4) is 0 Å². The number of likely N-dealkylation sites (tertiary alicyclic amines) is 1. The number of H-pyrrole nitrogens is 1. The van der Waals surface area contributed by atoms with Gasteiger partial charge in [0.25, 0.3) is 5.91 Å². The number of carbonyl (C=O) groups excluding carboxylic acids is 1. The molecule has 1 amide bonds. The first-order valence-corrected chi connectivity index (χ1v) is 10.3. The molecule has 1 N–H and O–H groups in total. The average molecular weight is 371 g/mol. The molecule has 0 radical (unpaired) electrons. The van der Waals surface area contributed by atoms with Crippen molar-refractivity contribution >= 4 is 5.91 Å². The van der Waals surface area contributed by atoms with Crippen molar-refractivity contribution in [1.82, 2.24) is 29.5 Å². The van der Waals surface area contributed by atoms with Crippen molar-refractivity contribution in [3.05, 3.63) is 35.7 Å². The number of nitrogens with one attached hydrogen (secondary N) is 1. The molecule has 4 heterocycles. The minimum atomic E-state index is -0.0255. The van der Waals surface area contributed by atoms with Crippen molar-refractivity contribution in [2.75, 3.05) is 26.2 Å². The standard InChI is InChI=1S/C20H30N6O/c1-3-5-10-25-11-6-16-18(22-15-21-16)20(25)8-13-24(14-9-20)19(27)17-7-12-26(4-2)23-17/h7,12,15H,3-6,8-11,13-14H2,1-2H3,(H,21,22). The van der Waals surface area contributed by atoms with Crippen LogP contribution in [0.3, 0.4) is 0 Å². The molecule has 0 atom stereocenters. The summed E-state index contributed by atoms with van der Waals surface area (Å²) in [6.07, 6.45) is 9.04. The van der Waals surface area contributed by atoms with E-state index in [1.54, 1.807) is 0 Å². The van der Waals surface area contributed by atoms with E-state index in [9.17, 15) is 4.79 Å². The first kappa shape index (κ1) is 18.2. The highest BCUT2D eigenvalue weighted by molar-refractivity contribution is 5.92. The molecule has 4 rings (SSSR count). The topological polar surface area (TPSA) is 70.1 Å². The normalized spacial score (nSPS) is 19.4. The highest BCUT2D eigenvalue weighted by atomic mass is 16.2. The zero-order chi connectivity index (χ0) is 18.9. The predicted molar refractivity (Wildman–Crippen MR) is 103 cm³/mol. The Morgan fingerprint density at radius 2 is 2.07 bits per heavy atom. The molecule has 146 valence electrons. The Bertz CT molecular complexity index is 786. The number of rotatable bonds is 5. The zero-order valence-corrected chi connectivity index (χ0v) is 16.4. The van der Waals surface area contributed by atoms with Gasteiger partial charge >= 0.3 is 0 Å². The molecule has 0 bridgehead atoms. The third-order valence-electron chi connectivity index (χ3n) is 6.24. The van der Waals surface area contributed by atoms with Crippen LogP contribution in [-0.2, 0) is 18.5 Å². The van der Waals surface area contributed by atoms with Gasteiger partial charge in [-0.3, -0.25) is 14.4 Å². The minimum Gasteiger partial charge on any atom is -0.348 e. The molecule has 2 aliphatic rings. The average Bonchev–Trinajstić information content (AvgIpc) is 3.37. The lowest BCUT2D eigenvalue weighted by Crippen LogP contribution is -2.57. The second-order valence-electron chi connectivity index (χ2n) is 7.70. The SMILES string of the molecule is CCCCN1CCc2[nH]cnc2C12CCN(C(=O)c1ccn(CC)n1)CC2.